The van der Waals surface area contributed by atoms with Crippen LogP contribution in [0.15, 0.2) is 62.5 Å². The third-order valence-corrected chi connectivity index (χ3v) is 6.17. The van der Waals surface area contributed by atoms with E-state index >= 15 is 0 Å². The Hall–Kier alpha value is -2.49. The van der Waals surface area contributed by atoms with Gasteiger partial charge in [-0.1, -0.05) is 12.1 Å². The molecule has 0 radical (unpaired) electrons. The Kier molecular flexibility index (Phi) is 5.33. The number of fused-ring (bicyclic) bond motifs is 1. The van der Waals surface area contributed by atoms with Gasteiger partial charge in [0.2, 0.25) is 0 Å². The van der Waals surface area contributed by atoms with Crippen molar-refractivity contribution in [3.8, 4) is 0 Å². The lowest BCUT2D eigenvalue weighted by molar-refractivity contribution is 0.0463. The molecule has 0 atom stereocenters. The molecule has 136 valence electrons. The van der Waals surface area contributed by atoms with Crippen molar-refractivity contribution in [2.45, 2.75) is 17.3 Å². The van der Waals surface area contributed by atoms with Gasteiger partial charge in [0.1, 0.15) is 6.61 Å². The van der Waals surface area contributed by atoms with Crippen LogP contribution < -0.4 is 5.56 Å². The number of hydrogen-bond donors (Lipinski definition) is 0. The number of esters is 1. The molecular weight excluding hydrogens is 402 g/mol. The highest BCUT2D eigenvalue weighted by Gasteiger charge is 2.14. The van der Waals surface area contributed by atoms with Crippen molar-refractivity contribution >= 4 is 45.4 Å². The number of nitrogens with zero attached hydrogens (tertiary/aromatic N) is 3. The topological polar surface area (TPSA) is 73.6 Å². The van der Waals surface area contributed by atoms with Crippen LogP contribution in [-0.2, 0) is 17.1 Å². The maximum atomic E-state index is 12.5. The molecule has 0 saturated carbocycles. The first kappa shape index (κ1) is 17.9. The predicted octanol–water partition coefficient (Wildman–Crippen LogP) is 3.86. The highest BCUT2D eigenvalue weighted by Crippen LogP contribution is 2.27. The number of hydrogen-bond acceptors (Lipinski definition) is 8. The van der Waals surface area contributed by atoms with E-state index in [-0.39, 0.29) is 12.2 Å². The first-order chi connectivity index (χ1) is 13.2. The molecule has 0 unspecified atom stereocenters. The Morgan fingerprint density at radius 2 is 2.15 bits per heavy atom. The van der Waals surface area contributed by atoms with Crippen molar-refractivity contribution in [1.29, 1.82) is 0 Å². The van der Waals surface area contributed by atoms with Crippen molar-refractivity contribution in [1.82, 2.24) is 14.4 Å². The average molecular weight is 416 g/mol. The fourth-order valence-corrected chi connectivity index (χ4v) is 4.75. The van der Waals surface area contributed by atoms with E-state index in [9.17, 15) is 9.59 Å². The van der Waals surface area contributed by atoms with E-state index in [0.29, 0.717) is 22.0 Å². The minimum Gasteiger partial charge on any atom is -0.456 e. The molecule has 0 N–H and O–H groups in total. The summed E-state index contributed by atoms with van der Waals surface area (Å²) in [6.07, 6.45) is 1.67. The van der Waals surface area contributed by atoms with Crippen molar-refractivity contribution < 1.29 is 9.53 Å². The molecule has 0 amide bonds. The van der Waals surface area contributed by atoms with E-state index in [1.54, 1.807) is 40.6 Å². The molecule has 4 rings (SSSR count). The molecule has 27 heavy (non-hydrogen) atoms. The highest BCUT2D eigenvalue weighted by atomic mass is 32.2. The Bertz CT molecular complexity index is 1140. The fraction of sp³-hybridized carbons (Fsp3) is 0.111. The molecule has 3 aromatic heterocycles. The number of carbonyl (C=O) groups is 1. The van der Waals surface area contributed by atoms with E-state index in [2.05, 4.69) is 9.97 Å². The molecule has 0 aliphatic heterocycles. The minimum atomic E-state index is -0.440. The minimum absolute atomic E-state index is 0.0481. The molecular formula is C18H13N3O3S3. The molecule has 0 bridgehead atoms. The number of ether oxygens (including phenoxy) is 1. The summed E-state index contributed by atoms with van der Waals surface area (Å²) in [6, 6.07) is 8.68. The summed E-state index contributed by atoms with van der Waals surface area (Å²) in [5.41, 5.74) is 3.50. The lowest BCUT2D eigenvalue weighted by atomic mass is 10.2. The van der Waals surface area contributed by atoms with E-state index in [1.165, 1.54) is 33.6 Å². The molecule has 0 spiro atoms. The summed E-state index contributed by atoms with van der Waals surface area (Å²) >= 11 is 4.44. The zero-order valence-electron chi connectivity index (χ0n) is 13.9. The molecule has 0 aliphatic carbocycles. The first-order valence-electron chi connectivity index (χ1n) is 7.92. The molecule has 0 saturated heterocycles. The van der Waals surface area contributed by atoms with Gasteiger partial charge in [0.25, 0.3) is 5.56 Å². The van der Waals surface area contributed by atoms with E-state index in [1.807, 2.05) is 17.5 Å². The van der Waals surface area contributed by atoms with Crippen LogP contribution >= 0.6 is 34.4 Å². The lowest BCUT2D eigenvalue weighted by Gasteiger charge is -2.09. The monoisotopic (exact) mass is 415 g/mol. The van der Waals surface area contributed by atoms with Crippen LogP contribution in [0.1, 0.15) is 21.7 Å². The summed E-state index contributed by atoms with van der Waals surface area (Å²) in [6.45, 7) is -0.0481. The summed E-state index contributed by atoms with van der Waals surface area (Å²) < 4.78 is 6.86. The number of rotatable bonds is 6. The van der Waals surface area contributed by atoms with Crippen molar-refractivity contribution in [3.63, 3.8) is 0 Å². The number of thioether (sulfide) groups is 1. The Morgan fingerprint density at radius 3 is 3.00 bits per heavy atom. The van der Waals surface area contributed by atoms with E-state index in [4.69, 9.17) is 4.74 Å². The third kappa shape index (κ3) is 4.10. The van der Waals surface area contributed by atoms with Gasteiger partial charge in [-0.15, -0.1) is 34.4 Å². The second-order valence-corrected chi connectivity index (χ2v) is 8.09. The molecule has 9 heteroatoms. The molecule has 0 aliphatic rings. The Morgan fingerprint density at radius 1 is 1.26 bits per heavy atom. The molecule has 6 nitrogen and oxygen atoms in total. The number of carbonyl (C=O) groups excluding carboxylic acids is 1. The highest BCUT2D eigenvalue weighted by molar-refractivity contribution is 7.98. The Labute approximate surface area is 166 Å². The van der Waals surface area contributed by atoms with Crippen LogP contribution in [0.3, 0.4) is 0 Å². The summed E-state index contributed by atoms with van der Waals surface area (Å²) in [7, 11) is 0. The second kappa shape index (κ2) is 8.03. The molecule has 4 aromatic rings. The van der Waals surface area contributed by atoms with Gasteiger partial charge in [-0.2, -0.15) is 0 Å². The van der Waals surface area contributed by atoms with Gasteiger partial charge < -0.3 is 4.74 Å². The fourth-order valence-electron chi connectivity index (χ4n) is 2.40. The van der Waals surface area contributed by atoms with Crippen molar-refractivity contribution in [3.05, 3.63) is 80.1 Å². The van der Waals surface area contributed by atoms with Crippen molar-refractivity contribution in [2.75, 3.05) is 0 Å². The van der Waals surface area contributed by atoms with Gasteiger partial charge in [-0.05, 0) is 12.1 Å². The third-order valence-electron chi connectivity index (χ3n) is 3.67. The maximum absolute atomic E-state index is 12.5. The van der Waals surface area contributed by atoms with Gasteiger partial charge in [0.05, 0.1) is 22.5 Å². The van der Waals surface area contributed by atoms with Crippen LogP contribution in [0.4, 0.5) is 0 Å². The largest absolute Gasteiger partial charge is 0.456 e. The summed E-state index contributed by atoms with van der Waals surface area (Å²) in [5, 5.41) is 3.77. The van der Waals surface area contributed by atoms with Crippen LogP contribution in [0.25, 0.3) is 4.96 Å². The Balaban J connectivity index is 1.46. The first-order valence-corrected chi connectivity index (χ1v) is 10.7. The van der Waals surface area contributed by atoms with E-state index < -0.39 is 5.97 Å². The number of thiazole rings is 2. The molecule has 0 fully saturated rings. The van der Waals surface area contributed by atoms with Crippen LogP contribution in [-0.4, -0.2) is 20.3 Å². The van der Waals surface area contributed by atoms with Crippen LogP contribution in [0.2, 0.25) is 0 Å². The van der Waals surface area contributed by atoms with E-state index in [0.717, 1.165) is 10.6 Å². The van der Waals surface area contributed by atoms with Gasteiger partial charge in [-0.25, -0.2) is 14.8 Å². The lowest BCUT2D eigenvalue weighted by Crippen LogP contribution is -2.15. The normalized spacial score (nSPS) is 11.0. The van der Waals surface area contributed by atoms with Crippen molar-refractivity contribution in [2.24, 2.45) is 0 Å². The maximum Gasteiger partial charge on any atom is 0.339 e. The van der Waals surface area contributed by atoms with Crippen LogP contribution in [0.5, 0.6) is 0 Å². The zero-order valence-corrected chi connectivity index (χ0v) is 16.4. The molecule has 1 aromatic carbocycles. The molecule has 3 heterocycles. The number of aromatic nitrogens is 3. The summed E-state index contributed by atoms with van der Waals surface area (Å²) in [4.78, 5) is 34.6. The van der Waals surface area contributed by atoms with Crippen LogP contribution in [0, 0.1) is 0 Å². The van der Waals surface area contributed by atoms with Gasteiger partial charge >= 0.3 is 5.97 Å². The predicted molar refractivity (Wildman–Crippen MR) is 107 cm³/mol. The van der Waals surface area contributed by atoms with Gasteiger partial charge in [0, 0.05) is 33.7 Å². The smallest absolute Gasteiger partial charge is 0.339 e. The zero-order chi connectivity index (χ0) is 18.6. The van der Waals surface area contributed by atoms with Gasteiger partial charge in [0.15, 0.2) is 4.96 Å². The standard InChI is InChI=1S/C18H13N3O3S3/c22-16-7-12(20-18-21(16)5-6-26-18)8-24-17(23)14-3-1-2-4-15(14)27-10-13-9-25-11-19-13/h1-7,9,11H,8,10H2. The second-order valence-electron chi connectivity index (χ2n) is 5.48. The SMILES string of the molecule is O=C(OCc1cc(=O)n2ccsc2n1)c1ccccc1SCc1cscn1. The number of benzene rings is 1. The summed E-state index contributed by atoms with van der Waals surface area (Å²) in [5.74, 6) is 0.241. The quantitative estimate of drug-likeness (QED) is 0.352. The van der Waals surface area contributed by atoms with Gasteiger partial charge in [-0.3, -0.25) is 9.20 Å². The average Bonchev–Trinajstić information content (AvgIpc) is 3.36.